The van der Waals surface area contributed by atoms with Crippen molar-refractivity contribution in [3.8, 4) is 0 Å². The molecule has 2 aromatic rings. The Labute approximate surface area is 221 Å². The number of allylic oxidation sites excluding steroid dienone is 4. The molecule has 2 nitrogen and oxygen atoms in total. The fraction of sp³-hybridized carbons (Fsp3) is 0.385. The molecule has 0 amide bonds. The van der Waals surface area contributed by atoms with Gasteiger partial charge in [-0.05, 0) is 59.1 Å². The molecule has 0 radical (unpaired) electrons. The summed E-state index contributed by atoms with van der Waals surface area (Å²) >= 11 is 0. The Kier molecular flexibility index (Phi) is 10.2. The van der Waals surface area contributed by atoms with Crippen molar-refractivity contribution in [1.29, 1.82) is 0 Å². The standard InChI is InChI=1S/C26H29NOSi.2ClH.Ti/c1-27(22-11-3-2-4-12-22)29(28)18-21-15-16-25-23-13-7-5-9-19(23)17-20-10-6-8-14-24(20)26(21)25;;;/h5-10,13-14,16,22H,2-4,11-12,15,17-18H2,1H3;2*1H;. The zero-order valence-electron chi connectivity index (χ0n) is 18.6. The first-order valence-corrected chi connectivity index (χ1v) is 12.6. The number of fused-ring (bicyclic) bond motifs is 5. The van der Waals surface area contributed by atoms with Gasteiger partial charge in [0.25, 0.3) is 0 Å². The van der Waals surface area contributed by atoms with Gasteiger partial charge in [-0.15, -0.1) is 24.8 Å². The fourth-order valence-electron chi connectivity index (χ4n) is 5.40. The molecule has 3 aliphatic rings. The van der Waals surface area contributed by atoms with Crippen LogP contribution in [0.2, 0.25) is 6.04 Å². The van der Waals surface area contributed by atoms with Gasteiger partial charge in [0.15, 0.2) is 0 Å². The maximum atomic E-state index is 13.4. The maximum absolute atomic E-state index is 13.4. The second-order valence-corrected chi connectivity index (χ2v) is 10.6. The van der Waals surface area contributed by atoms with E-state index in [0.29, 0.717) is 6.04 Å². The SMILES string of the molecule is CN(C1CCCCC1)[Si](=O)CC1=C2C(=CC1)c1ccccc1Cc1ccccc12.Cl.Cl.[Ti]. The number of hydrogen-bond acceptors (Lipinski definition) is 1. The van der Waals surface area contributed by atoms with Crippen molar-refractivity contribution in [2.45, 2.75) is 57.0 Å². The third-order valence-corrected chi connectivity index (χ3v) is 8.91. The van der Waals surface area contributed by atoms with Crippen LogP contribution in [0.15, 0.2) is 60.2 Å². The van der Waals surface area contributed by atoms with E-state index >= 15 is 0 Å². The topological polar surface area (TPSA) is 20.3 Å². The molecule has 0 unspecified atom stereocenters. The van der Waals surface area contributed by atoms with E-state index < -0.39 is 8.84 Å². The predicted molar refractivity (Wildman–Crippen MR) is 136 cm³/mol. The zero-order valence-corrected chi connectivity index (χ0v) is 22.8. The molecule has 1 fully saturated rings. The molecule has 5 rings (SSSR count). The van der Waals surface area contributed by atoms with Crippen molar-refractivity contribution in [3.63, 3.8) is 0 Å². The molecule has 0 spiro atoms. The first-order valence-electron chi connectivity index (χ1n) is 11.1. The molecule has 1 saturated carbocycles. The zero-order chi connectivity index (χ0) is 19.8. The normalized spacial score (nSPS) is 16.7. The second kappa shape index (κ2) is 11.9. The van der Waals surface area contributed by atoms with E-state index in [4.69, 9.17) is 0 Å². The number of hydrogen-bond donors (Lipinski definition) is 0. The molecule has 0 bridgehead atoms. The van der Waals surface area contributed by atoms with Gasteiger partial charge in [0.05, 0.1) is 0 Å². The van der Waals surface area contributed by atoms with Crippen LogP contribution in [0.3, 0.4) is 0 Å². The van der Waals surface area contributed by atoms with Crippen LogP contribution >= 0.6 is 24.8 Å². The molecule has 3 aliphatic carbocycles. The minimum atomic E-state index is -1.80. The Balaban J connectivity index is 0.00000121. The van der Waals surface area contributed by atoms with Crippen LogP contribution in [-0.4, -0.2) is 26.5 Å². The van der Waals surface area contributed by atoms with Crippen LogP contribution in [0.1, 0.15) is 60.8 Å². The Morgan fingerprint density at radius 3 is 2.19 bits per heavy atom. The van der Waals surface area contributed by atoms with Crippen LogP contribution in [-0.2, 0) is 32.6 Å². The molecule has 0 atom stereocenters. The molecule has 2 aromatic carbocycles. The summed E-state index contributed by atoms with van der Waals surface area (Å²) < 4.78 is 15.6. The summed E-state index contributed by atoms with van der Waals surface area (Å²) in [6.45, 7) is 0. The molecule has 168 valence electrons. The Bertz CT molecular complexity index is 1030. The summed E-state index contributed by atoms with van der Waals surface area (Å²) in [5.41, 5.74) is 9.58. The third-order valence-electron chi connectivity index (χ3n) is 7.03. The molecular formula is C26H31Cl2NOSiTi. The summed E-state index contributed by atoms with van der Waals surface area (Å²) in [5.74, 6) is 0. The average Bonchev–Trinajstić information content (AvgIpc) is 3.11. The smallest absolute Gasteiger partial charge is 0.377 e. The van der Waals surface area contributed by atoms with E-state index in [2.05, 4.69) is 66.2 Å². The molecule has 0 saturated heterocycles. The molecule has 0 heterocycles. The van der Waals surface area contributed by atoms with Crippen molar-refractivity contribution in [2.75, 3.05) is 7.05 Å². The Hall–Kier alpha value is -0.969. The minimum Gasteiger partial charge on any atom is -0.377 e. The quantitative estimate of drug-likeness (QED) is 0.411. The van der Waals surface area contributed by atoms with E-state index in [1.54, 1.807) is 0 Å². The van der Waals surface area contributed by atoms with Crippen LogP contribution in [0.25, 0.3) is 11.1 Å². The fourth-order valence-corrected chi connectivity index (χ4v) is 7.00. The molecule has 32 heavy (non-hydrogen) atoms. The van der Waals surface area contributed by atoms with Gasteiger partial charge in [0.2, 0.25) is 0 Å². The van der Waals surface area contributed by atoms with Gasteiger partial charge < -0.3 is 9.03 Å². The first kappa shape index (κ1) is 27.3. The van der Waals surface area contributed by atoms with E-state index in [9.17, 15) is 4.46 Å². The number of benzene rings is 2. The van der Waals surface area contributed by atoms with Crippen molar-refractivity contribution in [1.82, 2.24) is 4.57 Å². The summed E-state index contributed by atoms with van der Waals surface area (Å²) in [7, 11) is 0.303. The van der Waals surface area contributed by atoms with Gasteiger partial charge in [-0.1, -0.05) is 79.4 Å². The number of halogens is 2. The molecular weight excluding hydrogens is 489 g/mol. The maximum Gasteiger partial charge on any atom is 0.398 e. The van der Waals surface area contributed by atoms with Gasteiger partial charge in [-0.25, -0.2) is 0 Å². The van der Waals surface area contributed by atoms with Gasteiger partial charge in [-0.2, -0.15) is 0 Å². The van der Waals surface area contributed by atoms with Gasteiger partial charge in [0.1, 0.15) is 0 Å². The van der Waals surface area contributed by atoms with Crippen molar-refractivity contribution in [3.05, 3.63) is 82.4 Å². The number of rotatable bonds is 4. The summed E-state index contributed by atoms with van der Waals surface area (Å²) in [6, 6.07) is 18.8. The van der Waals surface area contributed by atoms with Gasteiger partial charge in [-0.3, -0.25) is 0 Å². The van der Waals surface area contributed by atoms with E-state index in [1.807, 2.05) is 0 Å². The summed E-state index contributed by atoms with van der Waals surface area (Å²) in [4.78, 5) is 0. The summed E-state index contributed by atoms with van der Waals surface area (Å²) in [5, 5.41) is 0. The van der Waals surface area contributed by atoms with Crippen LogP contribution < -0.4 is 0 Å². The van der Waals surface area contributed by atoms with E-state index in [0.717, 1.165) is 18.9 Å². The molecule has 6 heteroatoms. The van der Waals surface area contributed by atoms with Crippen molar-refractivity contribution in [2.24, 2.45) is 0 Å². The molecule has 0 aromatic heterocycles. The van der Waals surface area contributed by atoms with Crippen LogP contribution in [0.4, 0.5) is 0 Å². The first-order chi connectivity index (χ1) is 14.2. The molecule has 0 aliphatic heterocycles. The van der Waals surface area contributed by atoms with Gasteiger partial charge in [0, 0.05) is 40.9 Å². The van der Waals surface area contributed by atoms with E-state index in [-0.39, 0.29) is 46.5 Å². The Morgan fingerprint density at radius 2 is 1.50 bits per heavy atom. The second-order valence-electron chi connectivity index (χ2n) is 8.76. The van der Waals surface area contributed by atoms with Crippen molar-refractivity contribution >= 4 is 44.8 Å². The Morgan fingerprint density at radius 1 is 0.906 bits per heavy atom. The monoisotopic (exact) mass is 519 g/mol. The van der Waals surface area contributed by atoms with Crippen LogP contribution in [0.5, 0.6) is 0 Å². The molecule has 0 N–H and O–H groups in total. The van der Waals surface area contributed by atoms with Crippen LogP contribution in [0, 0.1) is 0 Å². The largest absolute Gasteiger partial charge is 0.398 e. The summed E-state index contributed by atoms with van der Waals surface area (Å²) in [6.07, 6.45) is 10.6. The van der Waals surface area contributed by atoms with E-state index in [1.165, 1.54) is 71.1 Å². The van der Waals surface area contributed by atoms with Gasteiger partial charge >= 0.3 is 8.84 Å². The minimum absolute atomic E-state index is 0. The number of nitrogens with zero attached hydrogens (tertiary/aromatic N) is 1. The van der Waals surface area contributed by atoms with Crippen molar-refractivity contribution < 1.29 is 26.2 Å². The average molecular weight is 520 g/mol. The third kappa shape index (κ3) is 5.23. The predicted octanol–water partition coefficient (Wildman–Crippen LogP) is 6.86.